The number of rotatable bonds is 1. The van der Waals surface area contributed by atoms with Crippen LogP contribution in [0, 0.1) is 11.7 Å². The lowest BCUT2D eigenvalue weighted by atomic mass is 10.0. The standard InChI is InChI=1S/C14H16F4N2O/c1-9-3-2-6-20(8-9)13(21)19-10-4-5-12(15)11(7-10)14(16,17)18/h4-5,7,9H,2-3,6,8H2,1H3,(H,19,21). The summed E-state index contributed by atoms with van der Waals surface area (Å²) in [5, 5.41) is 2.39. The van der Waals surface area contributed by atoms with Crippen molar-refractivity contribution < 1.29 is 22.4 Å². The van der Waals surface area contributed by atoms with Gasteiger partial charge in [0.25, 0.3) is 0 Å². The molecule has 0 aromatic heterocycles. The second-order valence-corrected chi connectivity index (χ2v) is 5.32. The van der Waals surface area contributed by atoms with E-state index in [-0.39, 0.29) is 5.69 Å². The highest BCUT2D eigenvalue weighted by atomic mass is 19.4. The van der Waals surface area contributed by atoms with Crippen LogP contribution < -0.4 is 5.32 Å². The summed E-state index contributed by atoms with van der Waals surface area (Å²) in [6.45, 7) is 3.15. The first-order chi connectivity index (χ1) is 9.77. The van der Waals surface area contributed by atoms with Gasteiger partial charge < -0.3 is 10.2 Å². The van der Waals surface area contributed by atoms with Crippen LogP contribution in [0.5, 0.6) is 0 Å². The summed E-state index contributed by atoms with van der Waals surface area (Å²) in [4.78, 5) is 13.6. The van der Waals surface area contributed by atoms with Gasteiger partial charge in [0, 0.05) is 18.8 Å². The van der Waals surface area contributed by atoms with Crippen molar-refractivity contribution in [3.05, 3.63) is 29.6 Å². The molecule has 1 aromatic carbocycles. The smallest absolute Gasteiger partial charge is 0.324 e. The summed E-state index contributed by atoms with van der Waals surface area (Å²) < 4.78 is 51.0. The molecule has 1 aliphatic rings. The minimum Gasteiger partial charge on any atom is -0.324 e. The molecule has 0 aliphatic carbocycles. The summed E-state index contributed by atoms with van der Waals surface area (Å²) in [5.41, 5.74) is -1.45. The van der Waals surface area contributed by atoms with Gasteiger partial charge in [-0.1, -0.05) is 6.92 Å². The monoisotopic (exact) mass is 304 g/mol. The molecule has 1 fully saturated rings. The first-order valence-electron chi connectivity index (χ1n) is 6.70. The molecule has 1 heterocycles. The molecule has 1 aromatic rings. The fourth-order valence-corrected chi connectivity index (χ4v) is 2.40. The number of piperidine rings is 1. The molecule has 2 amide bonds. The molecule has 0 spiro atoms. The van der Waals surface area contributed by atoms with E-state index in [1.165, 1.54) is 0 Å². The van der Waals surface area contributed by atoms with Crippen LogP contribution in [-0.4, -0.2) is 24.0 Å². The molecule has 3 nitrogen and oxygen atoms in total. The molecular formula is C14H16F4N2O. The van der Waals surface area contributed by atoms with Crippen molar-refractivity contribution in [1.82, 2.24) is 4.90 Å². The van der Waals surface area contributed by atoms with Crippen molar-refractivity contribution in [2.75, 3.05) is 18.4 Å². The molecule has 0 saturated carbocycles. The number of nitrogens with one attached hydrogen (secondary N) is 1. The Morgan fingerprint density at radius 1 is 1.38 bits per heavy atom. The Balaban J connectivity index is 2.11. The Kier molecular flexibility index (Phi) is 4.39. The van der Waals surface area contributed by atoms with Crippen molar-refractivity contribution >= 4 is 11.7 Å². The Morgan fingerprint density at radius 2 is 2.10 bits per heavy atom. The minimum absolute atomic E-state index is 0.0630. The number of halogens is 4. The van der Waals surface area contributed by atoms with Crippen molar-refractivity contribution in [1.29, 1.82) is 0 Å². The predicted molar refractivity (Wildman–Crippen MR) is 70.4 cm³/mol. The topological polar surface area (TPSA) is 32.3 Å². The van der Waals surface area contributed by atoms with E-state index in [9.17, 15) is 22.4 Å². The number of hydrogen-bond acceptors (Lipinski definition) is 1. The zero-order valence-electron chi connectivity index (χ0n) is 11.5. The van der Waals surface area contributed by atoms with Gasteiger partial charge in [0.05, 0.1) is 5.56 Å². The third kappa shape index (κ3) is 3.86. The maximum atomic E-state index is 13.2. The second-order valence-electron chi connectivity index (χ2n) is 5.32. The first kappa shape index (κ1) is 15.6. The molecule has 1 saturated heterocycles. The van der Waals surface area contributed by atoms with E-state index < -0.39 is 23.6 Å². The molecule has 7 heteroatoms. The molecule has 1 unspecified atom stereocenters. The van der Waals surface area contributed by atoms with Gasteiger partial charge in [-0.2, -0.15) is 13.2 Å². The van der Waals surface area contributed by atoms with Gasteiger partial charge in [-0.25, -0.2) is 9.18 Å². The number of carbonyl (C=O) groups is 1. The molecule has 2 rings (SSSR count). The Bertz CT molecular complexity index is 530. The number of carbonyl (C=O) groups excluding carboxylic acids is 1. The van der Waals surface area contributed by atoms with Crippen molar-refractivity contribution in [2.45, 2.75) is 25.9 Å². The van der Waals surface area contributed by atoms with Crippen LogP contribution in [0.1, 0.15) is 25.3 Å². The third-order valence-electron chi connectivity index (χ3n) is 3.47. The summed E-state index contributed by atoms with van der Waals surface area (Å²) in [6.07, 6.45) is -2.89. The number of nitrogens with zero attached hydrogens (tertiary/aromatic N) is 1. The Morgan fingerprint density at radius 3 is 2.71 bits per heavy atom. The maximum absolute atomic E-state index is 13.2. The molecule has 0 radical (unpaired) electrons. The van der Waals surface area contributed by atoms with Crippen LogP contribution in [0.3, 0.4) is 0 Å². The average molecular weight is 304 g/mol. The quantitative estimate of drug-likeness (QED) is 0.778. The van der Waals surface area contributed by atoms with Crippen LogP contribution in [0.2, 0.25) is 0 Å². The average Bonchev–Trinajstić information content (AvgIpc) is 2.39. The highest BCUT2D eigenvalue weighted by Gasteiger charge is 2.34. The molecule has 1 atom stereocenters. The predicted octanol–water partition coefficient (Wildman–Crippen LogP) is 4.11. The number of hydrogen-bond donors (Lipinski definition) is 1. The molecule has 1 aliphatic heterocycles. The fraction of sp³-hybridized carbons (Fsp3) is 0.500. The largest absolute Gasteiger partial charge is 0.419 e. The number of benzene rings is 1. The summed E-state index contributed by atoms with van der Waals surface area (Å²) in [5.74, 6) is -0.990. The number of amides is 2. The lowest BCUT2D eigenvalue weighted by Crippen LogP contribution is -2.41. The molecule has 1 N–H and O–H groups in total. The van der Waals surface area contributed by atoms with Gasteiger partial charge in [0.1, 0.15) is 5.82 Å². The van der Waals surface area contributed by atoms with E-state index in [1.54, 1.807) is 4.90 Å². The second kappa shape index (κ2) is 5.91. The van der Waals surface area contributed by atoms with E-state index in [0.29, 0.717) is 31.1 Å². The minimum atomic E-state index is -4.79. The highest BCUT2D eigenvalue weighted by molar-refractivity contribution is 5.89. The van der Waals surface area contributed by atoms with Crippen LogP contribution in [0.4, 0.5) is 28.0 Å². The molecule has 0 bridgehead atoms. The summed E-state index contributed by atoms with van der Waals surface area (Å²) >= 11 is 0. The van der Waals surface area contributed by atoms with Crippen LogP contribution in [-0.2, 0) is 6.18 Å². The van der Waals surface area contributed by atoms with Crippen LogP contribution in [0.15, 0.2) is 18.2 Å². The highest BCUT2D eigenvalue weighted by Crippen LogP contribution is 2.33. The number of alkyl halides is 3. The molecular weight excluding hydrogens is 288 g/mol. The van der Waals surface area contributed by atoms with Crippen molar-refractivity contribution in [2.24, 2.45) is 5.92 Å². The lowest BCUT2D eigenvalue weighted by molar-refractivity contribution is -0.139. The van der Waals surface area contributed by atoms with Gasteiger partial charge >= 0.3 is 12.2 Å². The first-order valence-corrected chi connectivity index (χ1v) is 6.70. The molecule has 116 valence electrons. The van der Waals surface area contributed by atoms with Gasteiger partial charge in [0.2, 0.25) is 0 Å². The summed E-state index contributed by atoms with van der Waals surface area (Å²) in [7, 11) is 0. The number of anilines is 1. The zero-order valence-corrected chi connectivity index (χ0v) is 11.5. The normalized spacial score (nSPS) is 19.5. The SMILES string of the molecule is CC1CCCN(C(=O)Nc2ccc(F)c(C(F)(F)F)c2)C1. The van der Waals surface area contributed by atoms with E-state index in [0.717, 1.165) is 18.9 Å². The van der Waals surface area contributed by atoms with Gasteiger partial charge in [0.15, 0.2) is 0 Å². The van der Waals surface area contributed by atoms with Crippen molar-refractivity contribution in [3.63, 3.8) is 0 Å². The number of likely N-dealkylation sites (tertiary alicyclic amines) is 1. The number of urea groups is 1. The van der Waals surface area contributed by atoms with E-state index in [1.807, 2.05) is 6.92 Å². The van der Waals surface area contributed by atoms with E-state index >= 15 is 0 Å². The Hall–Kier alpha value is -1.79. The zero-order chi connectivity index (χ0) is 15.6. The lowest BCUT2D eigenvalue weighted by Gasteiger charge is -2.31. The van der Waals surface area contributed by atoms with E-state index in [2.05, 4.69) is 5.32 Å². The molecule has 21 heavy (non-hydrogen) atoms. The Labute approximate surface area is 119 Å². The van der Waals surface area contributed by atoms with E-state index in [4.69, 9.17) is 0 Å². The fourth-order valence-electron chi connectivity index (χ4n) is 2.40. The van der Waals surface area contributed by atoms with Crippen LogP contribution in [0.25, 0.3) is 0 Å². The van der Waals surface area contributed by atoms with Gasteiger partial charge in [-0.05, 0) is 37.0 Å². The third-order valence-corrected chi connectivity index (χ3v) is 3.47. The van der Waals surface area contributed by atoms with Gasteiger partial charge in [-0.15, -0.1) is 0 Å². The van der Waals surface area contributed by atoms with Crippen LogP contribution >= 0.6 is 0 Å². The maximum Gasteiger partial charge on any atom is 0.419 e. The summed E-state index contributed by atoms with van der Waals surface area (Å²) in [6, 6.07) is 1.98. The van der Waals surface area contributed by atoms with Gasteiger partial charge in [-0.3, -0.25) is 0 Å². The van der Waals surface area contributed by atoms with Crippen molar-refractivity contribution in [3.8, 4) is 0 Å².